The van der Waals surface area contributed by atoms with Crippen LogP contribution in [0.15, 0.2) is 23.1 Å². The minimum atomic E-state index is -3.29. The number of carbonyl (C=O) groups is 1. The predicted molar refractivity (Wildman–Crippen MR) is 58.5 cm³/mol. The zero-order valence-corrected chi connectivity index (χ0v) is 9.62. The molecule has 5 heteroatoms. The average Bonchev–Trinajstić information content (AvgIpc) is 2.23. The Labute approximate surface area is 93.8 Å². The maximum Gasteiger partial charge on any atom is 0.335 e. The van der Waals surface area contributed by atoms with E-state index in [1.54, 1.807) is 6.07 Å². The zero-order chi connectivity index (χ0) is 11.9. The highest BCUT2D eigenvalue weighted by Crippen LogP contribution is 2.33. The number of fused-ring (bicyclic) bond motifs is 1. The van der Waals surface area contributed by atoms with Gasteiger partial charge in [-0.1, -0.05) is 13.0 Å². The normalized spacial score (nSPS) is 22.4. The Morgan fingerprint density at radius 1 is 1.44 bits per heavy atom. The summed E-state index contributed by atoms with van der Waals surface area (Å²) in [5.41, 5.74) is 0.757. The predicted octanol–water partition coefficient (Wildman–Crippen LogP) is 1.67. The molecule has 0 aromatic heterocycles. The van der Waals surface area contributed by atoms with Crippen molar-refractivity contribution in [3.63, 3.8) is 0 Å². The summed E-state index contributed by atoms with van der Waals surface area (Å²) in [6.45, 7) is 1.95. The van der Waals surface area contributed by atoms with E-state index < -0.39 is 15.8 Å². The van der Waals surface area contributed by atoms with Crippen molar-refractivity contribution in [2.75, 3.05) is 5.75 Å². The van der Waals surface area contributed by atoms with Gasteiger partial charge >= 0.3 is 5.97 Å². The minimum Gasteiger partial charge on any atom is -0.478 e. The first-order valence-electron chi connectivity index (χ1n) is 5.02. The molecule has 4 nitrogen and oxygen atoms in total. The molecule has 0 bridgehead atoms. The summed E-state index contributed by atoms with van der Waals surface area (Å²) in [5.74, 6) is -0.831. The molecule has 0 radical (unpaired) electrons. The van der Waals surface area contributed by atoms with Crippen molar-refractivity contribution in [3.8, 4) is 0 Å². The van der Waals surface area contributed by atoms with Gasteiger partial charge in [-0.2, -0.15) is 0 Å². The van der Waals surface area contributed by atoms with Gasteiger partial charge in [0.15, 0.2) is 9.84 Å². The van der Waals surface area contributed by atoms with E-state index in [9.17, 15) is 13.2 Å². The zero-order valence-electron chi connectivity index (χ0n) is 8.80. The van der Waals surface area contributed by atoms with Crippen LogP contribution in [-0.4, -0.2) is 25.2 Å². The van der Waals surface area contributed by atoms with E-state index in [2.05, 4.69) is 0 Å². The van der Waals surface area contributed by atoms with Crippen LogP contribution >= 0.6 is 0 Å². The molecular weight excluding hydrogens is 228 g/mol. The molecular formula is C11H12O4S. The number of rotatable bonds is 1. The Kier molecular flexibility index (Phi) is 2.50. The second-order valence-electron chi connectivity index (χ2n) is 4.07. The van der Waals surface area contributed by atoms with Crippen molar-refractivity contribution < 1.29 is 18.3 Å². The molecule has 1 aromatic rings. The molecule has 0 unspecified atom stereocenters. The van der Waals surface area contributed by atoms with Gasteiger partial charge in [0.2, 0.25) is 0 Å². The SMILES string of the molecule is C[C@@H]1CCS(=O)(=O)c2cc(C(=O)O)ccc21. The molecule has 1 N–H and O–H groups in total. The summed E-state index contributed by atoms with van der Waals surface area (Å²) in [4.78, 5) is 11.0. The van der Waals surface area contributed by atoms with Crippen LogP contribution in [0.1, 0.15) is 35.2 Å². The van der Waals surface area contributed by atoms with Crippen LogP contribution < -0.4 is 0 Å². The van der Waals surface area contributed by atoms with Crippen LogP contribution in [0, 0.1) is 0 Å². The monoisotopic (exact) mass is 240 g/mol. The first-order valence-corrected chi connectivity index (χ1v) is 6.67. The Bertz CT molecular complexity index is 545. The van der Waals surface area contributed by atoms with E-state index >= 15 is 0 Å². The number of aromatic carboxylic acids is 1. The lowest BCUT2D eigenvalue weighted by Gasteiger charge is -2.22. The smallest absolute Gasteiger partial charge is 0.335 e. The number of hydrogen-bond acceptors (Lipinski definition) is 3. The summed E-state index contributed by atoms with van der Waals surface area (Å²) in [6.07, 6.45) is 0.599. The quantitative estimate of drug-likeness (QED) is 0.810. The molecule has 1 aliphatic heterocycles. The summed E-state index contributed by atoms with van der Waals surface area (Å²) in [7, 11) is -3.29. The first-order chi connectivity index (χ1) is 7.42. The van der Waals surface area contributed by atoms with Gasteiger partial charge in [-0.15, -0.1) is 0 Å². The van der Waals surface area contributed by atoms with Gasteiger partial charge in [-0.25, -0.2) is 13.2 Å². The van der Waals surface area contributed by atoms with E-state index in [4.69, 9.17) is 5.11 Å². The maximum atomic E-state index is 11.8. The van der Waals surface area contributed by atoms with Crippen LogP contribution in [0.4, 0.5) is 0 Å². The van der Waals surface area contributed by atoms with Crippen molar-refractivity contribution in [2.24, 2.45) is 0 Å². The fraction of sp³-hybridized carbons (Fsp3) is 0.364. The van der Waals surface area contributed by atoms with Gasteiger partial charge in [-0.05, 0) is 30.0 Å². The topological polar surface area (TPSA) is 71.4 Å². The van der Waals surface area contributed by atoms with Gasteiger partial charge in [0.25, 0.3) is 0 Å². The highest BCUT2D eigenvalue weighted by atomic mass is 32.2. The molecule has 0 fully saturated rings. The lowest BCUT2D eigenvalue weighted by atomic mass is 9.97. The number of benzene rings is 1. The van der Waals surface area contributed by atoms with E-state index in [0.29, 0.717) is 6.42 Å². The van der Waals surface area contributed by atoms with Crippen molar-refractivity contribution in [2.45, 2.75) is 24.2 Å². The van der Waals surface area contributed by atoms with Crippen molar-refractivity contribution in [1.29, 1.82) is 0 Å². The highest BCUT2D eigenvalue weighted by Gasteiger charge is 2.28. The molecule has 0 aliphatic carbocycles. The highest BCUT2D eigenvalue weighted by molar-refractivity contribution is 7.91. The van der Waals surface area contributed by atoms with E-state index in [1.807, 2.05) is 6.92 Å². The second-order valence-corrected chi connectivity index (χ2v) is 6.14. The summed E-state index contributed by atoms with van der Waals surface area (Å²) in [5, 5.41) is 8.83. The molecule has 16 heavy (non-hydrogen) atoms. The van der Waals surface area contributed by atoms with Crippen LogP contribution in [0.2, 0.25) is 0 Å². The number of carboxylic acid groups (broad SMARTS) is 1. The summed E-state index contributed by atoms with van der Waals surface area (Å²) < 4.78 is 23.6. The fourth-order valence-electron chi connectivity index (χ4n) is 1.94. The number of hydrogen-bond donors (Lipinski definition) is 1. The summed E-state index contributed by atoms with van der Waals surface area (Å²) >= 11 is 0. The molecule has 0 saturated heterocycles. The third kappa shape index (κ3) is 1.71. The van der Waals surface area contributed by atoms with Crippen molar-refractivity contribution in [3.05, 3.63) is 29.3 Å². The molecule has 1 atom stereocenters. The van der Waals surface area contributed by atoms with Gasteiger partial charge < -0.3 is 5.11 Å². The molecule has 86 valence electrons. The van der Waals surface area contributed by atoms with E-state index in [1.165, 1.54) is 12.1 Å². The van der Waals surface area contributed by atoms with Crippen LogP contribution in [0.25, 0.3) is 0 Å². The second kappa shape index (κ2) is 3.59. The molecule has 1 aromatic carbocycles. The third-order valence-electron chi connectivity index (χ3n) is 2.95. The minimum absolute atomic E-state index is 0.0245. The Morgan fingerprint density at radius 3 is 2.75 bits per heavy atom. The largest absolute Gasteiger partial charge is 0.478 e. The van der Waals surface area contributed by atoms with Crippen molar-refractivity contribution in [1.82, 2.24) is 0 Å². The fourth-order valence-corrected chi connectivity index (χ4v) is 3.76. The van der Waals surface area contributed by atoms with Gasteiger partial charge in [0.1, 0.15) is 0 Å². The molecule has 2 rings (SSSR count). The lowest BCUT2D eigenvalue weighted by Crippen LogP contribution is -2.19. The van der Waals surface area contributed by atoms with Crippen molar-refractivity contribution >= 4 is 15.8 Å². The van der Waals surface area contributed by atoms with Gasteiger partial charge in [-0.3, -0.25) is 0 Å². The van der Waals surface area contributed by atoms with Gasteiger partial charge in [0, 0.05) is 0 Å². The molecule has 0 spiro atoms. The Hall–Kier alpha value is -1.36. The lowest BCUT2D eigenvalue weighted by molar-refractivity contribution is 0.0696. The Balaban J connectivity index is 2.67. The molecule has 0 amide bonds. The van der Waals surface area contributed by atoms with E-state index in [-0.39, 0.29) is 22.1 Å². The summed E-state index contributed by atoms with van der Waals surface area (Å²) in [6, 6.07) is 4.33. The third-order valence-corrected chi connectivity index (χ3v) is 4.74. The number of carboxylic acids is 1. The van der Waals surface area contributed by atoms with E-state index in [0.717, 1.165) is 5.56 Å². The standard InChI is InChI=1S/C11H12O4S/c1-7-4-5-16(14,15)10-6-8(11(12)13)2-3-9(7)10/h2-3,6-7H,4-5H2,1H3,(H,12,13)/t7-/m1/s1. The maximum absolute atomic E-state index is 11.8. The first kappa shape index (κ1) is 11.1. The average molecular weight is 240 g/mol. The Morgan fingerprint density at radius 2 is 2.12 bits per heavy atom. The number of sulfone groups is 1. The molecule has 0 saturated carbocycles. The molecule has 1 aliphatic rings. The molecule has 1 heterocycles. The van der Waals surface area contributed by atoms with Gasteiger partial charge in [0.05, 0.1) is 16.2 Å². The van der Waals surface area contributed by atoms with Crippen LogP contribution in [-0.2, 0) is 9.84 Å². The van der Waals surface area contributed by atoms with Crippen LogP contribution in [0.5, 0.6) is 0 Å². The van der Waals surface area contributed by atoms with Crippen LogP contribution in [0.3, 0.4) is 0 Å².